The number of aromatic nitrogens is 2. The van der Waals surface area contributed by atoms with E-state index in [0.29, 0.717) is 0 Å². The Balaban J connectivity index is 2.50. The first-order valence-electron chi connectivity index (χ1n) is 3.00. The highest BCUT2D eigenvalue weighted by molar-refractivity contribution is 5.06. The second kappa shape index (κ2) is 3.48. The maximum absolute atomic E-state index is 7.87. The molecule has 0 spiro atoms. The van der Waals surface area contributed by atoms with Crippen LogP contribution in [0.4, 0.5) is 0 Å². The van der Waals surface area contributed by atoms with E-state index in [2.05, 4.69) is 25.0 Å². The Morgan fingerprint density at radius 2 is 2.73 bits per heavy atom. The summed E-state index contributed by atoms with van der Waals surface area (Å²) in [5.74, 6) is 0. The number of aryl methyl sites for hydroxylation is 1. The van der Waals surface area contributed by atoms with E-state index in [1.165, 1.54) is 0 Å². The fourth-order valence-electron chi connectivity index (χ4n) is 0.648. The SMILES string of the molecule is Cc1[nH]cnc1CON=[N+]=[N-]. The second-order valence-corrected chi connectivity index (χ2v) is 1.92. The topological polar surface area (TPSA) is 86.7 Å². The van der Waals surface area contributed by atoms with Gasteiger partial charge in [0.05, 0.1) is 12.0 Å². The molecule has 0 aliphatic carbocycles. The number of nitrogens with zero attached hydrogens (tertiary/aromatic N) is 4. The smallest absolute Gasteiger partial charge is 0.141 e. The molecule has 11 heavy (non-hydrogen) atoms. The van der Waals surface area contributed by atoms with E-state index in [-0.39, 0.29) is 6.61 Å². The van der Waals surface area contributed by atoms with Crippen LogP contribution < -0.4 is 0 Å². The lowest BCUT2D eigenvalue weighted by molar-refractivity contribution is 0.122. The van der Waals surface area contributed by atoms with Gasteiger partial charge in [-0.2, -0.15) is 0 Å². The lowest BCUT2D eigenvalue weighted by Gasteiger charge is -1.93. The van der Waals surface area contributed by atoms with Crippen LogP contribution in [0.1, 0.15) is 11.4 Å². The van der Waals surface area contributed by atoms with Crippen LogP contribution in [0.3, 0.4) is 0 Å². The van der Waals surface area contributed by atoms with Crippen molar-refractivity contribution in [3.05, 3.63) is 28.2 Å². The maximum atomic E-state index is 7.87. The molecule has 0 unspecified atom stereocenters. The van der Waals surface area contributed by atoms with Gasteiger partial charge in [-0.15, -0.1) is 0 Å². The van der Waals surface area contributed by atoms with Gasteiger partial charge in [-0.3, -0.25) is 0 Å². The minimum absolute atomic E-state index is 0.208. The molecule has 0 aromatic carbocycles. The van der Waals surface area contributed by atoms with Crippen molar-refractivity contribution < 1.29 is 4.84 Å². The number of nitrogens with one attached hydrogen (secondary N) is 1. The van der Waals surface area contributed by atoms with Gasteiger partial charge in [0.25, 0.3) is 0 Å². The highest BCUT2D eigenvalue weighted by Gasteiger charge is 1.98. The molecule has 0 amide bonds. The number of hydrogen-bond donors (Lipinski definition) is 1. The van der Waals surface area contributed by atoms with Gasteiger partial charge in [-0.25, -0.2) is 4.98 Å². The van der Waals surface area contributed by atoms with E-state index >= 15 is 0 Å². The summed E-state index contributed by atoms with van der Waals surface area (Å²) in [6.45, 7) is 2.07. The fraction of sp³-hybridized carbons (Fsp3) is 0.400. The molecular weight excluding hydrogens is 146 g/mol. The first-order valence-corrected chi connectivity index (χ1v) is 3.00. The molecule has 1 aromatic heterocycles. The normalized spacial score (nSPS) is 8.82. The summed E-state index contributed by atoms with van der Waals surface area (Å²) in [6, 6.07) is 0. The predicted octanol–water partition coefficient (Wildman–Crippen LogP) is 1.46. The van der Waals surface area contributed by atoms with Crippen molar-refractivity contribution in [1.82, 2.24) is 9.97 Å². The molecule has 1 rings (SSSR count). The number of rotatable bonds is 3. The van der Waals surface area contributed by atoms with E-state index < -0.39 is 0 Å². The summed E-state index contributed by atoms with van der Waals surface area (Å²) in [7, 11) is 0. The number of H-pyrrole nitrogens is 1. The molecule has 0 atom stereocenters. The largest absolute Gasteiger partial charge is 0.427 e. The van der Waals surface area contributed by atoms with Crippen molar-refractivity contribution in [3.63, 3.8) is 0 Å². The molecule has 0 saturated heterocycles. The molecule has 0 aliphatic rings. The lowest BCUT2D eigenvalue weighted by Crippen LogP contribution is -1.88. The predicted molar refractivity (Wildman–Crippen MR) is 37.3 cm³/mol. The van der Waals surface area contributed by atoms with Crippen LogP contribution >= 0.6 is 0 Å². The molecule has 6 heteroatoms. The first kappa shape index (κ1) is 7.43. The van der Waals surface area contributed by atoms with Gasteiger partial charge in [0.15, 0.2) is 0 Å². The Hall–Kier alpha value is -1.68. The lowest BCUT2D eigenvalue weighted by atomic mass is 10.4. The van der Waals surface area contributed by atoms with Gasteiger partial charge >= 0.3 is 0 Å². The molecule has 0 bridgehead atoms. The van der Waals surface area contributed by atoms with Crippen molar-refractivity contribution in [1.29, 1.82) is 0 Å². The molecule has 6 nitrogen and oxygen atoms in total. The minimum atomic E-state index is 0.208. The highest BCUT2D eigenvalue weighted by atomic mass is 16.6. The van der Waals surface area contributed by atoms with Crippen LogP contribution in [-0.2, 0) is 11.4 Å². The summed E-state index contributed by atoms with van der Waals surface area (Å²) in [5, 5.41) is 2.91. The Bertz CT molecular complexity index is 274. The second-order valence-electron chi connectivity index (χ2n) is 1.92. The van der Waals surface area contributed by atoms with Crippen LogP contribution in [0.2, 0.25) is 0 Å². The molecule has 1 heterocycles. The van der Waals surface area contributed by atoms with Gasteiger partial charge in [0.2, 0.25) is 0 Å². The molecule has 1 aromatic rings. The minimum Gasteiger partial charge on any atom is -0.427 e. The molecule has 58 valence electrons. The zero-order valence-corrected chi connectivity index (χ0v) is 5.98. The average Bonchev–Trinajstić information content (AvgIpc) is 2.37. The number of aromatic amines is 1. The van der Waals surface area contributed by atoms with E-state index in [1.807, 2.05) is 6.92 Å². The van der Waals surface area contributed by atoms with Gasteiger partial charge in [0.1, 0.15) is 11.9 Å². The summed E-state index contributed by atoms with van der Waals surface area (Å²) in [4.78, 5) is 13.8. The van der Waals surface area contributed by atoms with Crippen LogP contribution in [-0.4, -0.2) is 9.97 Å². The molecular formula is C5H7N5O. The van der Waals surface area contributed by atoms with Gasteiger partial charge in [0, 0.05) is 10.6 Å². The van der Waals surface area contributed by atoms with Crippen molar-refractivity contribution in [2.75, 3.05) is 0 Å². The highest BCUT2D eigenvalue weighted by Crippen LogP contribution is 2.01. The monoisotopic (exact) mass is 153 g/mol. The third-order valence-electron chi connectivity index (χ3n) is 1.23. The van der Waals surface area contributed by atoms with Crippen LogP contribution in [0, 0.1) is 6.92 Å². The molecule has 1 N–H and O–H groups in total. The molecule has 0 radical (unpaired) electrons. The zero-order chi connectivity index (χ0) is 8.10. The quantitative estimate of drug-likeness (QED) is 0.308. The first-order chi connectivity index (χ1) is 5.34. The summed E-state index contributed by atoms with van der Waals surface area (Å²) in [6.07, 6.45) is 1.56. The van der Waals surface area contributed by atoms with E-state index in [1.54, 1.807) is 6.33 Å². The standard InChI is InChI=1S/C5H7N5O/c1-4-5(8-3-7-4)2-11-10-9-6/h3H,2H2,1H3,(H,7,8). The van der Waals surface area contributed by atoms with Crippen molar-refractivity contribution in [2.45, 2.75) is 13.5 Å². The van der Waals surface area contributed by atoms with E-state index in [9.17, 15) is 0 Å². The summed E-state index contributed by atoms with van der Waals surface area (Å²) >= 11 is 0. The molecule has 0 saturated carbocycles. The summed E-state index contributed by atoms with van der Waals surface area (Å²) < 4.78 is 0. The number of azide groups is 1. The Kier molecular flexibility index (Phi) is 2.35. The fourth-order valence-corrected chi connectivity index (χ4v) is 0.648. The van der Waals surface area contributed by atoms with Gasteiger partial charge < -0.3 is 9.82 Å². The zero-order valence-electron chi connectivity index (χ0n) is 5.98. The van der Waals surface area contributed by atoms with Gasteiger partial charge in [-0.05, 0) is 12.5 Å². The Labute approximate surface area is 62.8 Å². The maximum Gasteiger partial charge on any atom is 0.141 e. The van der Waals surface area contributed by atoms with Crippen molar-refractivity contribution in [2.24, 2.45) is 5.28 Å². The van der Waals surface area contributed by atoms with Crippen LogP contribution in [0.25, 0.3) is 10.4 Å². The van der Waals surface area contributed by atoms with E-state index in [0.717, 1.165) is 11.4 Å². The Morgan fingerprint density at radius 3 is 3.27 bits per heavy atom. The Morgan fingerprint density at radius 1 is 1.91 bits per heavy atom. The van der Waals surface area contributed by atoms with Crippen molar-refractivity contribution >= 4 is 0 Å². The molecule has 0 aliphatic heterocycles. The van der Waals surface area contributed by atoms with E-state index in [4.69, 9.17) is 5.53 Å². The number of hydrogen-bond acceptors (Lipinski definition) is 3. The van der Waals surface area contributed by atoms with Gasteiger partial charge in [-0.1, -0.05) is 0 Å². The third kappa shape index (κ3) is 1.87. The van der Waals surface area contributed by atoms with Crippen LogP contribution in [0.15, 0.2) is 11.6 Å². The van der Waals surface area contributed by atoms with Crippen LogP contribution in [0.5, 0.6) is 0 Å². The third-order valence-corrected chi connectivity index (χ3v) is 1.23. The number of imidazole rings is 1. The average molecular weight is 153 g/mol. The summed E-state index contributed by atoms with van der Waals surface area (Å²) in [5.41, 5.74) is 9.53. The van der Waals surface area contributed by atoms with Crippen molar-refractivity contribution in [3.8, 4) is 0 Å². The molecule has 0 fully saturated rings.